The van der Waals surface area contributed by atoms with Gasteiger partial charge in [-0.3, -0.25) is 4.79 Å². The lowest BCUT2D eigenvalue weighted by Crippen LogP contribution is -2.14. The van der Waals surface area contributed by atoms with Crippen LogP contribution in [0.3, 0.4) is 0 Å². The van der Waals surface area contributed by atoms with Crippen LogP contribution in [0.4, 0.5) is 11.5 Å². The molecule has 7 nitrogen and oxygen atoms in total. The van der Waals surface area contributed by atoms with Gasteiger partial charge < -0.3 is 15.4 Å². The molecule has 0 radical (unpaired) electrons. The number of hydrogen-bond donors (Lipinski definition) is 2. The first-order chi connectivity index (χ1) is 9.38. The number of nitrogens with zero attached hydrogens (tertiary/aromatic N) is 2. The Bertz CT molecular complexity index is 676. The summed E-state index contributed by atoms with van der Waals surface area (Å²) in [7, 11) is 0. The molecule has 104 valence electrons. The average Bonchev–Trinajstić information content (AvgIpc) is 2.83. The number of amides is 1. The number of carbonyl (C=O) groups is 1. The largest absolute Gasteiger partial charge is 0.358 e. The van der Waals surface area contributed by atoms with Gasteiger partial charge in [-0.2, -0.15) is 0 Å². The molecule has 0 aliphatic heterocycles. The summed E-state index contributed by atoms with van der Waals surface area (Å²) >= 11 is 11.6. The van der Waals surface area contributed by atoms with Crippen molar-refractivity contribution in [2.24, 2.45) is 0 Å². The van der Waals surface area contributed by atoms with E-state index in [1.165, 1.54) is 12.1 Å². The highest BCUT2D eigenvalue weighted by Crippen LogP contribution is 2.27. The lowest BCUT2D eigenvalue weighted by atomic mass is 10.2. The molecule has 0 fully saturated rings. The van der Waals surface area contributed by atoms with Gasteiger partial charge in [-0.05, 0) is 29.5 Å². The molecule has 0 aliphatic carbocycles. The van der Waals surface area contributed by atoms with Crippen molar-refractivity contribution in [1.29, 1.82) is 0 Å². The normalized spacial score (nSPS) is 10.3. The summed E-state index contributed by atoms with van der Waals surface area (Å²) in [6, 6.07) is 4.05. The third kappa shape index (κ3) is 2.89. The molecule has 0 unspecified atom stereocenters. The Balaban J connectivity index is 2.25. The second kappa shape index (κ2) is 5.48. The number of hydrogen-bond acceptors (Lipinski definition) is 4. The topological polar surface area (TPSA) is 101 Å². The minimum atomic E-state index is -0.626. The van der Waals surface area contributed by atoms with Gasteiger partial charge in [0.15, 0.2) is 10.8 Å². The fourth-order valence-electron chi connectivity index (χ4n) is 1.55. The van der Waals surface area contributed by atoms with E-state index >= 15 is 0 Å². The van der Waals surface area contributed by atoms with Gasteiger partial charge in [0.2, 0.25) is 0 Å². The van der Waals surface area contributed by atoms with E-state index in [0.29, 0.717) is 11.3 Å². The van der Waals surface area contributed by atoms with Gasteiger partial charge in [0.05, 0.1) is 5.69 Å². The first-order valence-electron chi connectivity index (χ1n) is 5.36. The maximum atomic E-state index is 12.0. The molecule has 0 bridgehead atoms. The number of rotatable bonds is 3. The molecule has 20 heavy (non-hydrogen) atoms. The lowest BCUT2D eigenvalue weighted by Gasteiger charge is -2.08. The van der Waals surface area contributed by atoms with Crippen LogP contribution in [0.2, 0.25) is 10.3 Å². The highest BCUT2D eigenvalue weighted by atomic mass is 35.5. The Morgan fingerprint density at radius 2 is 2.15 bits per heavy atom. The van der Waals surface area contributed by atoms with Gasteiger partial charge >= 0.3 is 5.82 Å². The number of halogens is 2. The molecular formula is C11H8Cl2N4O3. The number of carbonyl (C=O) groups excluding carboxylic acids is 1. The van der Waals surface area contributed by atoms with Gasteiger partial charge in [0.1, 0.15) is 5.15 Å². The van der Waals surface area contributed by atoms with Crippen LogP contribution in [0.15, 0.2) is 18.2 Å². The van der Waals surface area contributed by atoms with Crippen LogP contribution in [-0.2, 0) is 0 Å². The van der Waals surface area contributed by atoms with Crippen molar-refractivity contribution in [3.63, 3.8) is 0 Å². The summed E-state index contributed by atoms with van der Waals surface area (Å²) in [4.78, 5) is 28.1. The summed E-state index contributed by atoms with van der Waals surface area (Å²) in [5.74, 6) is -0.834. The van der Waals surface area contributed by atoms with E-state index in [4.69, 9.17) is 23.2 Å². The van der Waals surface area contributed by atoms with Crippen molar-refractivity contribution < 1.29 is 9.72 Å². The Labute approximate surface area is 123 Å². The fourth-order valence-corrected chi connectivity index (χ4v) is 2.13. The molecule has 1 amide bonds. The fraction of sp³-hybridized carbons (Fsp3) is 0.0909. The molecule has 0 saturated carbocycles. The zero-order chi connectivity index (χ0) is 14.9. The van der Waals surface area contributed by atoms with Crippen LogP contribution in [0.25, 0.3) is 0 Å². The first kappa shape index (κ1) is 14.3. The number of aromatic amines is 1. The summed E-state index contributed by atoms with van der Waals surface area (Å²) in [5.41, 5.74) is 0.977. The van der Waals surface area contributed by atoms with Crippen LogP contribution in [-0.4, -0.2) is 20.8 Å². The molecule has 0 atom stereocenters. The predicted octanol–water partition coefficient (Wildman–Crippen LogP) is 3.19. The van der Waals surface area contributed by atoms with E-state index in [1.807, 2.05) is 0 Å². The molecule has 2 aromatic rings. The number of aryl methyl sites for hydroxylation is 1. The van der Waals surface area contributed by atoms with Crippen molar-refractivity contribution in [1.82, 2.24) is 9.97 Å². The van der Waals surface area contributed by atoms with Gasteiger partial charge in [-0.15, -0.1) is 0 Å². The number of H-pyrrole nitrogens is 1. The van der Waals surface area contributed by atoms with Crippen LogP contribution in [0, 0.1) is 17.0 Å². The van der Waals surface area contributed by atoms with Gasteiger partial charge in [-0.25, -0.2) is 9.97 Å². The molecule has 0 aromatic carbocycles. The predicted molar refractivity (Wildman–Crippen MR) is 74.4 cm³/mol. The number of nitrogens with one attached hydrogen (secondary N) is 2. The molecule has 2 heterocycles. The van der Waals surface area contributed by atoms with E-state index in [-0.39, 0.29) is 21.8 Å². The van der Waals surface area contributed by atoms with Gasteiger partial charge in [0, 0.05) is 6.07 Å². The SMILES string of the molecule is Cc1cc(Cl)nc(Cl)c1NC(=O)c1ccc([N+](=O)[O-])[nH]1. The standard InChI is InChI=1S/C11H8Cl2N4O3/c1-5-4-7(12)15-10(13)9(5)16-11(18)6-2-3-8(14-6)17(19)20/h2-4,14H,1H3,(H,16,18). The summed E-state index contributed by atoms with van der Waals surface area (Å²) in [6.45, 7) is 1.70. The van der Waals surface area contributed by atoms with Gasteiger partial charge in [0.25, 0.3) is 5.91 Å². The van der Waals surface area contributed by atoms with E-state index in [1.54, 1.807) is 13.0 Å². The Kier molecular flexibility index (Phi) is 3.91. The van der Waals surface area contributed by atoms with E-state index in [2.05, 4.69) is 15.3 Å². The quantitative estimate of drug-likeness (QED) is 0.516. The number of nitro groups is 1. The van der Waals surface area contributed by atoms with E-state index in [9.17, 15) is 14.9 Å². The zero-order valence-corrected chi connectivity index (χ0v) is 11.6. The number of pyridine rings is 1. The molecule has 0 aliphatic rings. The van der Waals surface area contributed by atoms with Crippen molar-refractivity contribution >= 4 is 40.6 Å². The Morgan fingerprint density at radius 1 is 1.45 bits per heavy atom. The minimum Gasteiger partial charge on any atom is -0.358 e. The van der Waals surface area contributed by atoms with Crippen molar-refractivity contribution in [3.8, 4) is 0 Å². The third-order valence-electron chi connectivity index (χ3n) is 2.49. The highest BCUT2D eigenvalue weighted by Gasteiger charge is 2.18. The van der Waals surface area contributed by atoms with E-state index < -0.39 is 10.8 Å². The van der Waals surface area contributed by atoms with Crippen molar-refractivity contribution in [2.75, 3.05) is 5.32 Å². The van der Waals surface area contributed by atoms with Crippen LogP contribution >= 0.6 is 23.2 Å². The Hall–Kier alpha value is -2.12. The van der Waals surface area contributed by atoms with Gasteiger partial charge in [-0.1, -0.05) is 23.2 Å². The summed E-state index contributed by atoms with van der Waals surface area (Å²) < 4.78 is 0. The summed E-state index contributed by atoms with van der Waals surface area (Å²) in [5, 5.41) is 13.3. The summed E-state index contributed by atoms with van der Waals surface area (Å²) in [6.07, 6.45) is 0. The minimum absolute atomic E-state index is 0.0436. The second-order valence-corrected chi connectivity index (χ2v) is 4.64. The van der Waals surface area contributed by atoms with E-state index in [0.717, 1.165) is 0 Å². The van der Waals surface area contributed by atoms with Crippen molar-refractivity contribution in [2.45, 2.75) is 6.92 Å². The maximum Gasteiger partial charge on any atom is 0.321 e. The molecule has 2 rings (SSSR count). The van der Waals surface area contributed by atoms with Crippen LogP contribution in [0.1, 0.15) is 16.1 Å². The molecular weight excluding hydrogens is 307 g/mol. The van der Waals surface area contributed by atoms with Crippen molar-refractivity contribution in [3.05, 3.63) is 49.9 Å². The average molecular weight is 315 g/mol. The van der Waals surface area contributed by atoms with Crippen LogP contribution in [0.5, 0.6) is 0 Å². The molecule has 2 aromatic heterocycles. The molecule has 2 N–H and O–H groups in total. The third-order valence-corrected chi connectivity index (χ3v) is 2.96. The van der Waals surface area contributed by atoms with Crippen LogP contribution < -0.4 is 5.32 Å². The maximum absolute atomic E-state index is 12.0. The zero-order valence-electron chi connectivity index (χ0n) is 10.1. The molecule has 0 saturated heterocycles. The molecule has 9 heteroatoms. The monoisotopic (exact) mass is 314 g/mol. The molecule has 0 spiro atoms. The highest BCUT2D eigenvalue weighted by molar-refractivity contribution is 6.35. The Morgan fingerprint density at radius 3 is 2.70 bits per heavy atom. The number of aromatic nitrogens is 2. The lowest BCUT2D eigenvalue weighted by molar-refractivity contribution is -0.389. The first-order valence-corrected chi connectivity index (χ1v) is 6.11. The number of anilines is 1. The smallest absolute Gasteiger partial charge is 0.321 e. The second-order valence-electron chi connectivity index (χ2n) is 3.90.